The van der Waals surface area contributed by atoms with E-state index in [4.69, 9.17) is 0 Å². The number of aromatic nitrogens is 3. The molecule has 0 aliphatic carbocycles. The smallest absolute Gasteiger partial charge is 0.111 e. The van der Waals surface area contributed by atoms with Crippen LogP contribution in [0.4, 0.5) is 0 Å². The molecule has 1 heterocycles. The average molecular weight is 259 g/mol. The van der Waals surface area contributed by atoms with E-state index in [9.17, 15) is 5.11 Å². The molecule has 1 unspecified atom stereocenters. The summed E-state index contributed by atoms with van der Waals surface area (Å²) >= 11 is 0. The van der Waals surface area contributed by atoms with Crippen molar-refractivity contribution in [2.75, 3.05) is 0 Å². The molecule has 0 aliphatic rings. The fraction of sp³-hybridized carbons (Fsp3) is 0.467. The molecule has 2 aromatic rings. The van der Waals surface area contributed by atoms with Crippen molar-refractivity contribution >= 4 is 0 Å². The molecular formula is C15H21N3O. The van der Waals surface area contributed by atoms with E-state index in [1.165, 1.54) is 22.3 Å². The highest BCUT2D eigenvalue weighted by molar-refractivity contribution is 5.37. The SMILES string of the molecule is CCC(O)c1cn(Cc2c(C)cc(C)cc2C)nn1. The average Bonchev–Trinajstić information content (AvgIpc) is 2.81. The lowest BCUT2D eigenvalue weighted by Crippen LogP contribution is -2.05. The molecule has 102 valence electrons. The van der Waals surface area contributed by atoms with E-state index in [0.717, 1.165) is 0 Å². The summed E-state index contributed by atoms with van der Waals surface area (Å²) in [6.07, 6.45) is 1.96. The molecule has 2 rings (SSSR count). The summed E-state index contributed by atoms with van der Waals surface area (Å²) in [5, 5.41) is 17.9. The van der Waals surface area contributed by atoms with Gasteiger partial charge in [-0.1, -0.05) is 29.8 Å². The predicted molar refractivity (Wildman–Crippen MR) is 75.0 cm³/mol. The van der Waals surface area contributed by atoms with Crippen LogP contribution in [0.25, 0.3) is 0 Å². The van der Waals surface area contributed by atoms with E-state index in [2.05, 4.69) is 43.2 Å². The quantitative estimate of drug-likeness (QED) is 0.918. The van der Waals surface area contributed by atoms with Crippen molar-refractivity contribution in [1.29, 1.82) is 0 Å². The van der Waals surface area contributed by atoms with Crippen LogP contribution in [0.15, 0.2) is 18.3 Å². The van der Waals surface area contributed by atoms with Crippen molar-refractivity contribution in [2.45, 2.75) is 46.8 Å². The number of hydrogen-bond acceptors (Lipinski definition) is 3. The molecule has 0 aliphatic heterocycles. The Hall–Kier alpha value is -1.68. The molecule has 0 radical (unpaired) electrons. The maximum absolute atomic E-state index is 9.74. The summed E-state index contributed by atoms with van der Waals surface area (Å²) in [6.45, 7) is 8.97. The number of nitrogens with zero attached hydrogens (tertiary/aromatic N) is 3. The van der Waals surface area contributed by atoms with Gasteiger partial charge in [0.05, 0.1) is 18.8 Å². The summed E-state index contributed by atoms with van der Waals surface area (Å²) in [4.78, 5) is 0. The molecular weight excluding hydrogens is 238 g/mol. The van der Waals surface area contributed by atoms with Crippen molar-refractivity contribution in [3.05, 3.63) is 46.3 Å². The largest absolute Gasteiger partial charge is 0.387 e. The van der Waals surface area contributed by atoms with E-state index < -0.39 is 6.10 Å². The van der Waals surface area contributed by atoms with E-state index in [1.807, 2.05) is 13.1 Å². The van der Waals surface area contributed by atoms with Gasteiger partial charge in [0.15, 0.2) is 0 Å². The number of hydrogen-bond donors (Lipinski definition) is 1. The van der Waals surface area contributed by atoms with Gasteiger partial charge in [-0.3, -0.25) is 0 Å². The van der Waals surface area contributed by atoms with Crippen LogP contribution in [-0.4, -0.2) is 20.1 Å². The van der Waals surface area contributed by atoms with Crippen molar-refractivity contribution in [3.8, 4) is 0 Å². The molecule has 4 heteroatoms. The Balaban J connectivity index is 2.24. The molecule has 4 nitrogen and oxygen atoms in total. The molecule has 0 saturated heterocycles. The second kappa shape index (κ2) is 5.53. The van der Waals surface area contributed by atoms with Gasteiger partial charge in [-0.25, -0.2) is 4.68 Å². The third-order valence-electron chi connectivity index (χ3n) is 3.44. The molecule has 0 bridgehead atoms. The monoisotopic (exact) mass is 259 g/mol. The number of rotatable bonds is 4. The van der Waals surface area contributed by atoms with Crippen molar-refractivity contribution in [2.24, 2.45) is 0 Å². The summed E-state index contributed by atoms with van der Waals surface area (Å²) < 4.78 is 1.79. The van der Waals surface area contributed by atoms with Crippen LogP contribution in [-0.2, 0) is 6.54 Å². The zero-order valence-electron chi connectivity index (χ0n) is 12.0. The van der Waals surface area contributed by atoms with Crippen LogP contribution in [0.5, 0.6) is 0 Å². The first-order valence-corrected chi connectivity index (χ1v) is 6.66. The number of aliphatic hydroxyl groups excluding tert-OH is 1. The second-order valence-electron chi connectivity index (χ2n) is 5.14. The van der Waals surface area contributed by atoms with Gasteiger partial charge < -0.3 is 5.11 Å². The summed E-state index contributed by atoms with van der Waals surface area (Å²) in [5.74, 6) is 0. The van der Waals surface area contributed by atoms with Gasteiger partial charge in [0, 0.05) is 0 Å². The normalized spacial score (nSPS) is 12.7. The second-order valence-corrected chi connectivity index (χ2v) is 5.14. The standard InChI is InChI=1S/C15H21N3O/c1-5-15(19)14-9-18(17-16-14)8-13-11(3)6-10(2)7-12(13)4/h6-7,9,15,19H,5,8H2,1-4H3. The van der Waals surface area contributed by atoms with Crippen LogP contribution >= 0.6 is 0 Å². The first-order chi connectivity index (χ1) is 9.01. The zero-order chi connectivity index (χ0) is 14.0. The number of aryl methyl sites for hydroxylation is 3. The Bertz CT molecular complexity index is 552. The Kier molecular flexibility index (Phi) is 4.00. The van der Waals surface area contributed by atoms with Crippen LogP contribution < -0.4 is 0 Å². The van der Waals surface area contributed by atoms with Gasteiger partial charge in [0.1, 0.15) is 5.69 Å². The highest BCUT2D eigenvalue weighted by Crippen LogP contribution is 2.18. The highest BCUT2D eigenvalue weighted by atomic mass is 16.3. The minimum absolute atomic E-state index is 0.519. The molecule has 1 aromatic heterocycles. The van der Waals surface area contributed by atoms with Gasteiger partial charge in [0.2, 0.25) is 0 Å². The van der Waals surface area contributed by atoms with Crippen LogP contribution in [0.1, 0.15) is 47.4 Å². The predicted octanol–water partition coefficient (Wildman–Crippen LogP) is 2.70. The molecule has 0 amide bonds. The summed E-state index contributed by atoms with van der Waals surface area (Å²) in [6, 6.07) is 4.36. The molecule has 1 N–H and O–H groups in total. The number of aliphatic hydroxyl groups is 1. The maximum atomic E-state index is 9.74. The van der Waals surface area contributed by atoms with Crippen molar-refractivity contribution in [3.63, 3.8) is 0 Å². The van der Waals surface area contributed by atoms with Crippen LogP contribution in [0.3, 0.4) is 0 Å². The van der Waals surface area contributed by atoms with Crippen LogP contribution in [0.2, 0.25) is 0 Å². The van der Waals surface area contributed by atoms with Gasteiger partial charge >= 0.3 is 0 Å². The van der Waals surface area contributed by atoms with E-state index in [0.29, 0.717) is 18.7 Å². The lowest BCUT2D eigenvalue weighted by atomic mass is 10.00. The summed E-state index contributed by atoms with van der Waals surface area (Å²) in [7, 11) is 0. The zero-order valence-corrected chi connectivity index (χ0v) is 12.0. The Morgan fingerprint density at radius 1 is 1.21 bits per heavy atom. The van der Waals surface area contributed by atoms with Crippen molar-refractivity contribution < 1.29 is 5.11 Å². The van der Waals surface area contributed by atoms with Gasteiger partial charge in [-0.2, -0.15) is 0 Å². The van der Waals surface area contributed by atoms with E-state index >= 15 is 0 Å². The molecule has 1 aromatic carbocycles. The maximum Gasteiger partial charge on any atom is 0.111 e. The lowest BCUT2D eigenvalue weighted by molar-refractivity contribution is 0.168. The lowest BCUT2D eigenvalue weighted by Gasteiger charge is -2.11. The minimum Gasteiger partial charge on any atom is -0.387 e. The molecule has 1 atom stereocenters. The van der Waals surface area contributed by atoms with Crippen molar-refractivity contribution in [1.82, 2.24) is 15.0 Å². The van der Waals surface area contributed by atoms with Gasteiger partial charge in [0.25, 0.3) is 0 Å². The first kappa shape index (κ1) is 13.7. The summed E-state index contributed by atoms with van der Waals surface area (Å²) in [5.41, 5.74) is 5.73. The Labute approximate surface area is 114 Å². The Morgan fingerprint density at radius 3 is 2.42 bits per heavy atom. The first-order valence-electron chi connectivity index (χ1n) is 6.66. The fourth-order valence-corrected chi connectivity index (χ4v) is 2.37. The number of benzene rings is 1. The molecule has 19 heavy (non-hydrogen) atoms. The van der Waals surface area contributed by atoms with E-state index in [-0.39, 0.29) is 0 Å². The topological polar surface area (TPSA) is 50.9 Å². The fourth-order valence-electron chi connectivity index (χ4n) is 2.37. The third-order valence-corrected chi connectivity index (χ3v) is 3.44. The Morgan fingerprint density at radius 2 is 1.84 bits per heavy atom. The van der Waals surface area contributed by atoms with Gasteiger partial charge in [-0.15, -0.1) is 5.10 Å². The highest BCUT2D eigenvalue weighted by Gasteiger charge is 2.11. The van der Waals surface area contributed by atoms with Crippen LogP contribution in [0, 0.1) is 20.8 Å². The van der Waals surface area contributed by atoms with E-state index in [1.54, 1.807) is 4.68 Å². The molecule has 0 fully saturated rings. The minimum atomic E-state index is -0.519. The van der Waals surface area contributed by atoms with Gasteiger partial charge in [-0.05, 0) is 43.9 Å². The third kappa shape index (κ3) is 3.01. The molecule has 0 spiro atoms. The molecule has 0 saturated carbocycles.